The average molecular weight is 359 g/mol. The molecule has 1 aliphatic rings. The van der Waals surface area contributed by atoms with Crippen LogP contribution in [0.5, 0.6) is 0 Å². The van der Waals surface area contributed by atoms with Crippen LogP contribution in [-0.2, 0) is 0 Å². The van der Waals surface area contributed by atoms with Crippen molar-refractivity contribution in [2.24, 2.45) is 5.92 Å². The van der Waals surface area contributed by atoms with Crippen LogP contribution >= 0.6 is 0 Å². The predicted molar refractivity (Wildman–Crippen MR) is 103 cm³/mol. The van der Waals surface area contributed by atoms with Crippen molar-refractivity contribution in [2.75, 3.05) is 13.1 Å². The molecule has 0 spiro atoms. The fourth-order valence-electron chi connectivity index (χ4n) is 3.52. The molecule has 1 amide bonds. The van der Waals surface area contributed by atoms with E-state index in [-0.39, 0.29) is 17.6 Å². The summed E-state index contributed by atoms with van der Waals surface area (Å²) in [4.78, 5) is 27.2. The molecule has 5 nitrogen and oxygen atoms in total. The highest BCUT2D eigenvalue weighted by Crippen LogP contribution is 2.23. The van der Waals surface area contributed by atoms with E-state index < -0.39 is 0 Å². The minimum atomic E-state index is -0.0252. The van der Waals surface area contributed by atoms with E-state index >= 15 is 0 Å². The molecule has 3 aromatic rings. The number of amides is 1. The van der Waals surface area contributed by atoms with Crippen molar-refractivity contribution < 1.29 is 9.59 Å². The van der Waals surface area contributed by atoms with Crippen LogP contribution in [0.4, 0.5) is 0 Å². The fourth-order valence-corrected chi connectivity index (χ4v) is 3.52. The molecule has 1 saturated heterocycles. The second-order valence-electron chi connectivity index (χ2n) is 6.81. The molecule has 1 aromatic heterocycles. The lowest BCUT2D eigenvalue weighted by Gasteiger charge is -2.31. The van der Waals surface area contributed by atoms with Crippen LogP contribution in [0.3, 0.4) is 0 Å². The molecule has 2 heterocycles. The van der Waals surface area contributed by atoms with Gasteiger partial charge in [-0.05, 0) is 25.0 Å². The summed E-state index contributed by atoms with van der Waals surface area (Å²) in [5.41, 5.74) is 2.25. The number of ketones is 1. The van der Waals surface area contributed by atoms with Gasteiger partial charge in [0.15, 0.2) is 5.78 Å². The van der Waals surface area contributed by atoms with Crippen molar-refractivity contribution in [1.82, 2.24) is 14.7 Å². The zero-order valence-electron chi connectivity index (χ0n) is 15.0. The Labute approximate surface area is 158 Å². The third-order valence-corrected chi connectivity index (χ3v) is 5.06. The van der Waals surface area contributed by atoms with E-state index in [9.17, 15) is 9.59 Å². The van der Waals surface area contributed by atoms with E-state index in [0.29, 0.717) is 31.5 Å². The summed E-state index contributed by atoms with van der Waals surface area (Å²) in [7, 11) is 0. The van der Waals surface area contributed by atoms with Crippen molar-refractivity contribution in [3.8, 4) is 5.69 Å². The number of Topliss-reactive ketones (excluding diaryl/α,β-unsaturated/α-hetero) is 1. The Kier molecular flexibility index (Phi) is 4.83. The molecule has 0 atom stereocenters. The summed E-state index contributed by atoms with van der Waals surface area (Å²) in [6, 6.07) is 19.1. The highest BCUT2D eigenvalue weighted by molar-refractivity contribution is 5.98. The van der Waals surface area contributed by atoms with Crippen molar-refractivity contribution in [2.45, 2.75) is 12.8 Å². The van der Waals surface area contributed by atoms with Gasteiger partial charge >= 0.3 is 0 Å². The molecule has 27 heavy (non-hydrogen) atoms. The zero-order valence-corrected chi connectivity index (χ0v) is 15.0. The third kappa shape index (κ3) is 3.67. The Hall–Kier alpha value is -3.21. The van der Waals surface area contributed by atoms with E-state index in [2.05, 4.69) is 5.10 Å². The number of aromatic nitrogens is 2. The second-order valence-corrected chi connectivity index (χ2v) is 6.81. The lowest BCUT2D eigenvalue weighted by atomic mass is 9.89. The standard InChI is InChI=1S/C22H21N3O2/c26-21(17-7-3-1-4-8-17)18-11-13-24(14-12-18)22(27)19-15-23-25(16-19)20-9-5-2-6-10-20/h1-10,15-16,18H,11-14H2. The highest BCUT2D eigenvalue weighted by Gasteiger charge is 2.28. The van der Waals surface area contributed by atoms with Crippen molar-refractivity contribution in [1.29, 1.82) is 0 Å². The molecule has 5 heteroatoms. The van der Waals surface area contributed by atoms with Gasteiger partial charge in [0, 0.05) is 30.8 Å². The zero-order chi connectivity index (χ0) is 18.6. The lowest BCUT2D eigenvalue weighted by molar-refractivity contribution is 0.0650. The lowest BCUT2D eigenvalue weighted by Crippen LogP contribution is -2.40. The minimum Gasteiger partial charge on any atom is -0.339 e. The van der Waals surface area contributed by atoms with Crippen LogP contribution in [0.1, 0.15) is 33.6 Å². The van der Waals surface area contributed by atoms with Crippen LogP contribution in [0.25, 0.3) is 5.69 Å². The number of likely N-dealkylation sites (tertiary alicyclic amines) is 1. The van der Waals surface area contributed by atoms with Crippen LogP contribution in [0, 0.1) is 5.92 Å². The van der Waals surface area contributed by atoms with Crippen molar-refractivity contribution >= 4 is 11.7 Å². The van der Waals surface area contributed by atoms with Crippen LogP contribution in [0.15, 0.2) is 73.1 Å². The Bertz CT molecular complexity index is 926. The molecule has 0 N–H and O–H groups in total. The van der Waals surface area contributed by atoms with E-state index in [1.807, 2.05) is 65.6 Å². The summed E-state index contributed by atoms with van der Waals surface area (Å²) in [6.07, 6.45) is 4.77. The van der Waals surface area contributed by atoms with Crippen molar-refractivity contribution in [3.05, 3.63) is 84.2 Å². The maximum absolute atomic E-state index is 12.8. The van der Waals surface area contributed by atoms with Gasteiger partial charge in [0.2, 0.25) is 0 Å². The molecular weight excluding hydrogens is 338 g/mol. The van der Waals surface area contributed by atoms with Gasteiger partial charge in [-0.15, -0.1) is 0 Å². The van der Waals surface area contributed by atoms with Gasteiger partial charge < -0.3 is 4.90 Å². The fraction of sp³-hybridized carbons (Fsp3) is 0.227. The Morgan fingerprint density at radius 1 is 0.852 bits per heavy atom. The van der Waals surface area contributed by atoms with Gasteiger partial charge in [-0.1, -0.05) is 48.5 Å². The third-order valence-electron chi connectivity index (χ3n) is 5.06. The molecule has 0 unspecified atom stereocenters. The number of carbonyl (C=O) groups is 2. The first-order chi connectivity index (χ1) is 13.2. The molecule has 2 aromatic carbocycles. The first-order valence-corrected chi connectivity index (χ1v) is 9.21. The topological polar surface area (TPSA) is 55.2 Å². The Morgan fingerprint density at radius 3 is 2.15 bits per heavy atom. The summed E-state index contributed by atoms with van der Waals surface area (Å²) in [5.74, 6) is 0.144. The molecule has 4 rings (SSSR count). The van der Waals surface area contributed by atoms with E-state index in [0.717, 1.165) is 11.3 Å². The molecule has 1 fully saturated rings. The van der Waals surface area contributed by atoms with Gasteiger partial charge in [-0.25, -0.2) is 4.68 Å². The number of hydrogen-bond acceptors (Lipinski definition) is 3. The van der Waals surface area contributed by atoms with Crippen LogP contribution in [-0.4, -0.2) is 39.5 Å². The number of nitrogens with zero attached hydrogens (tertiary/aromatic N) is 3. The van der Waals surface area contributed by atoms with Gasteiger partial charge in [-0.3, -0.25) is 9.59 Å². The number of rotatable bonds is 4. The molecule has 136 valence electrons. The van der Waals surface area contributed by atoms with Crippen LogP contribution < -0.4 is 0 Å². The minimum absolute atomic E-state index is 0.0107. The van der Waals surface area contributed by atoms with Gasteiger partial charge in [0.05, 0.1) is 17.4 Å². The molecular formula is C22H21N3O2. The van der Waals surface area contributed by atoms with E-state index in [4.69, 9.17) is 0 Å². The highest BCUT2D eigenvalue weighted by atomic mass is 16.2. The second kappa shape index (κ2) is 7.58. The number of hydrogen-bond donors (Lipinski definition) is 0. The number of piperidine rings is 1. The maximum Gasteiger partial charge on any atom is 0.257 e. The molecule has 0 saturated carbocycles. The monoisotopic (exact) mass is 359 g/mol. The largest absolute Gasteiger partial charge is 0.339 e. The number of benzene rings is 2. The summed E-state index contributed by atoms with van der Waals surface area (Å²) in [6.45, 7) is 1.19. The van der Waals surface area contributed by atoms with Gasteiger partial charge in [-0.2, -0.15) is 5.10 Å². The number of carbonyl (C=O) groups excluding carboxylic acids is 2. The summed E-state index contributed by atoms with van der Waals surface area (Å²) < 4.78 is 1.71. The maximum atomic E-state index is 12.8. The normalized spacial score (nSPS) is 14.9. The SMILES string of the molecule is O=C(c1ccccc1)C1CCN(C(=O)c2cnn(-c3ccccc3)c2)CC1. The Balaban J connectivity index is 1.39. The molecule has 1 aliphatic heterocycles. The first kappa shape index (κ1) is 17.2. The predicted octanol–water partition coefficient (Wildman–Crippen LogP) is 3.61. The molecule has 0 bridgehead atoms. The van der Waals surface area contributed by atoms with Crippen molar-refractivity contribution in [3.63, 3.8) is 0 Å². The average Bonchev–Trinajstić information content (AvgIpc) is 3.24. The molecule has 0 aliphatic carbocycles. The van der Waals surface area contributed by atoms with E-state index in [1.165, 1.54) is 0 Å². The Morgan fingerprint density at radius 2 is 1.48 bits per heavy atom. The first-order valence-electron chi connectivity index (χ1n) is 9.21. The van der Waals surface area contributed by atoms with Crippen LogP contribution in [0.2, 0.25) is 0 Å². The molecule has 0 radical (unpaired) electrons. The van der Waals surface area contributed by atoms with Gasteiger partial charge in [0.1, 0.15) is 0 Å². The quantitative estimate of drug-likeness (QED) is 0.669. The smallest absolute Gasteiger partial charge is 0.257 e. The van der Waals surface area contributed by atoms with Gasteiger partial charge in [0.25, 0.3) is 5.91 Å². The van der Waals surface area contributed by atoms with E-state index in [1.54, 1.807) is 17.1 Å². The summed E-state index contributed by atoms with van der Waals surface area (Å²) in [5, 5.41) is 4.30. The summed E-state index contributed by atoms with van der Waals surface area (Å²) >= 11 is 0. The number of para-hydroxylation sites is 1.